The number of primary amides is 1. The molecule has 1 aliphatic heterocycles. The number of aromatic amines is 1. The third kappa shape index (κ3) is 2.53. The van der Waals surface area contributed by atoms with Crippen LogP contribution in [0.15, 0.2) is 12.3 Å². The van der Waals surface area contributed by atoms with Gasteiger partial charge < -0.3 is 20.9 Å². The Bertz CT molecular complexity index is 458. The number of rotatable bonds is 2. The Morgan fingerprint density at radius 1 is 1.33 bits per heavy atom. The molecule has 1 saturated heterocycles. The maximum absolute atomic E-state index is 12.2. The zero-order valence-electron chi connectivity index (χ0n) is 10.6. The minimum Gasteiger partial charge on any atom is -0.366 e. The molecule has 6 nitrogen and oxygen atoms in total. The van der Waals surface area contributed by atoms with Gasteiger partial charge in [0.05, 0.1) is 5.56 Å². The Morgan fingerprint density at radius 3 is 2.44 bits per heavy atom. The summed E-state index contributed by atoms with van der Waals surface area (Å²) < 4.78 is 0. The van der Waals surface area contributed by atoms with Gasteiger partial charge in [-0.05, 0) is 19.9 Å². The standard InChI is InChI=1S/C12H18N4O2/c1-7-5-16(6-8(2)15-7)12(18)10-3-9(4-14-10)11(13)17/h3-4,7-8,14-15H,5-6H2,1-2H3,(H2,13,17)/t7-,8+. The second-order valence-electron chi connectivity index (χ2n) is 4.85. The first-order valence-electron chi connectivity index (χ1n) is 6.01. The Kier molecular flexibility index (Phi) is 3.38. The lowest BCUT2D eigenvalue weighted by Gasteiger charge is -2.35. The average Bonchev–Trinajstić information content (AvgIpc) is 2.75. The van der Waals surface area contributed by atoms with E-state index in [1.807, 2.05) is 13.8 Å². The van der Waals surface area contributed by atoms with Gasteiger partial charge in [0.1, 0.15) is 5.69 Å². The smallest absolute Gasteiger partial charge is 0.270 e. The molecule has 1 aromatic heterocycles. The number of nitrogens with one attached hydrogen (secondary N) is 2. The van der Waals surface area contributed by atoms with Crippen LogP contribution in [0.4, 0.5) is 0 Å². The van der Waals surface area contributed by atoms with Crippen LogP contribution in [0, 0.1) is 0 Å². The lowest BCUT2D eigenvalue weighted by Crippen LogP contribution is -2.55. The third-order valence-electron chi connectivity index (χ3n) is 3.04. The van der Waals surface area contributed by atoms with Crippen LogP contribution in [0.1, 0.15) is 34.7 Å². The predicted molar refractivity (Wildman–Crippen MR) is 67.3 cm³/mol. The highest BCUT2D eigenvalue weighted by Gasteiger charge is 2.26. The molecule has 0 aromatic carbocycles. The highest BCUT2D eigenvalue weighted by molar-refractivity contribution is 5.98. The quantitative estimate of drug-likeness (QED) is 0.686. The summed E-state index contributed by atoms with van der Waals surface area (Å²) in [5, 5.41) is 3.36. The number of H-pyrrole nitrogens is 1. The van der Waals surface area contributed by atoms with Crippen LogP contribution in [0.2, 0.25) is 0 Å². The van der Waals surface area contributed by atoms with Crippen LogP contribution in [-0.4, -0.2) is 46.9 Å². The van der Waals surface area contributed by atoms with Crippen LogP contribution < -0.4 is 11.1 Å². The molecule has 2 atom stereocenters. The monoisotopic (exact) mass is 250 g/mol. The first kappa shape index (κ1) is 12.6. The van der Waals surface area contributed by atoms with Crippen molar-refractivity contribution in [1.29, 1.82) is 0 Å². The molecule has 6 heteroatoms. The van der Waals surface area contributed by atoms with E-state index in [2.05, 4.69) is 10.3 Å². The summed E-state index contributed by atoms with van der Waals surface area (Å²) in [5.74, 6) is -0.630. The van der Waals surface area contributed by atoms with E-state index in [-0.39, 0.29) is 18.0 Å². The molecule has 2 amide bonds. The Hall–Kier alpha value is -1.82. The molecule has 1 aromatic rings. The highest BCUT2D eigenvalue weighted by atomic mass is 16.2. The number of carbonyl (C=O) groups excluding carboxylic acids is 2. The number of hydrogen-bond donors (Lipinski definition) is 3. The maximum Gasteiger partial charge on any atom is 0.270 e. The fourth-order valence-corrected chi connectivity index (χ4v) is 2.32. The normalized spacial score (nSPS) is 24.0. The van der Waals surface area contributed by atoms with Crippen LogP contribution in [0.3, 0.4) is 0 Å². The van der Waals surface area contributed by atoms with Crippen molar-refractivity contribution in [3.8, 4) is 0 Å². The fraction of sp³-hybridized carbons (Fsp3) is 0.500. The first-order chi connectivity index (χ1) is 8.47. The molecule has 2 heterocycles. The number of nitrogens with zero attached hydrogens (tertiary/aromatic N) is 1. The van der Waals surface area contributed by atoms with Crippen molar-refractivity contribution in [3.05, 3.63) is 23.5 Å². The zero-order chi connectivity index (χ0) is 13.3. The largest absolute Gasteiger partial charge is 0.366 e. The van der Waals surface area contributed by atoms with Crippen LogP contribution >= 0.6 is 0 Å². The molecular formula is C12H18N4O2. The summed E-state index contributed by atoms with van der Waals surface area (Å²) in [6, 6.07) is 2.04. The molecule has 0 radical (unpaired) electrons. The predicted octanol–water partition coefficient (Wildman–Crippen LogP) is -0.0640. The Balaban J connectivity index is 2.12. The van der Waals surface area contributed by atoms with E-state index in [1.54, 1.807) is 4.90 Å². The SMILES string of the molecule is C[C@@H]1CN(C(=O)c2cc(C(N)=O)c[nH]2)C[C@H](C)N1. The minimum atomic E-state index is -0.535. The van der Waals surface area contributed by atoms with Crippen molar-refractivity contribution >= 4 is 11.8 Å². The molecule has 18 heavy (non-hydrogen) atoms. The van der Waals surface area contributed by atoms with Gasteiger partial charge in [-0.2, -0.15) is 0 Å². The lowest BCUT2D eigenvalue weighted by molar-refractivity contribution is 0.0668. The molecule has 1 aliphatic rings. The molecule has 0 bridgehead atoms. The Morgan fingerprint density at radius 2 is 1.94 bits per heavy atom. The summed E-state index contributed by atoms with van der Waals surface area (Å²) >= 11 is 0. The number of piperazine rings is 1. The molecule has 0 aliphatic carbocycles. The van der Waals surface area contributed by atoms with Crippen molar-refractivity contribution in [1.82, 2.24) is 15.2 Å². The van der Waals surface area contributed by atoms with Gasteiger partial charge >= 0.3 is 0 Å². The molecule has 1 fully saturated rings. The Labute approximate surface area is 106 Å². The third-order valence-corrected chi connectivity index (χ3v) is 3.04. The van der Waals surface area contributed by atoms with E-state index in [0.717, 1.165) is 0 Å². The highest BCUT2D eigenvalue weighted by Crippen LogP contribution is 2.11. The molecule has 0 spiro atoms. The number of carbonyl (C=O) groups is 2. The topological polar surface area (TPSA) is 91.2 Å². The molecule has 4 N–H and O–H groups in total. The number of amides is 2. The summed E-state index contributed by atoms with van der Waals surface area (Å²) in [6.07, 6.45) is 1.46. The lowest BCUT2D eigenvalue weighted by atomic mass is 10.1. The second-order valence-corrected chi connectivity index (χ2v) is 4.85. The van der Waals surface area contributed by atoms with E-state index in [1.165, 1.54) is 12.3 Å². The van der Waals surface area contributed by atoms with Gasteiger partial charge in [0, 0.05) is 31.4 Å². The van der Waals surface area contributed by atoms with Gasteiger partial charge in [-0.15, -0.1) is 0 Å². The summed E-state index contributed by atoms with van der Waals surface area (Å²) in [6.45, 7) is 5.40. The number of hydrogen-bond acceptors (Lipinski definition) is 3. The van der Waals surface area contributed by atoms with E-state index in [9.17, 15) is 9.59 Å². The fourth-order valence-electron chi connectivity index (χ4n) is 2.32. The summed E-state index contributed by atoms with van der Waals surface area (Å²) in [4.78, 5) is 27.8. The van der Waals surface area contributed by atoms with Crippen molar-refractivity contribution < 1.29 is 9.59 Å². The van der Waals surface area contributed by atoms with Crippen LogP contribution in [0.25, 0.3) is 0 Å². The van der Waals surface area contributed by atoms with Gasteiger partial charge in [0.15, 0.2) is 0 Å². The number of aromatic nitrogens is 1. The minimum absolute atomic E-state index is 0.0947. The zero-order valence-corrected chi connectivity index (χ0v) is 10.6. The average molecular weight is 250 g/mol. The summed E-state index contributed by atoms with van der Waals surface area (Å²) in [7, 11) is 0. The first-order valence-corrected chi connectivity index (χ1v) is 6.01. The maximum atomic E-state index is 12.2. The van der Waals surface area contributed by atoms with Gasteiger partial charge in [-0.25, -0.2) is 0 Å². The second kappa shape index (κ2) is 4.81. The molecule has 2 rings (SSSR count). The van der Waals surface area contributed by atoms with E-state index >= 15 is 0 Å². The molecule has 98 valence electrons. The van der Waals surface area contributed by atoms with Gasteiger partial charge in [0.2, 0.25) is 5.91 Å². The molecule has 0 unspecified atom stereocenters. The van der Waals surface area contributed by atoms with E-state index in [4.69, 9.17) is 5.73 Å². The van der Waals surface area contributed by atoms with E-state index in [0.29, 0.717) is 24.3 Å². The van der Waals surface area contributed by atoms with Crippen LogP contribution in [-0.2, 0) is 0 Å². The van der Waals surface area contributed by atoms with Crippen molar-refractivity contribution in [2.45, 2.75) is 25.9 Å². The molecular weight excluding hydrogens is 232 g/mol. The number of nitrogens with two attached hydrogens (primary N) is 1. The molecule has 0 saturated carbocycles. The van der Waals surface area contributed by atoms with Gasteiger partial charge in [-0.1, -0.05) is 0 Å². The van der Waals surface area contributed by atoms with E-state index < -0.39 is 5.91 Å². The van der Waals surface area contributed by atoms with Gasteiger partial charge in [-0.3, -0.25) is 9.59 Å². The van der Waals surface area contributed by atoms with Crippen molar-refractivity contribution in [2.24, 2.45) is 5.73 Å². The summed E-state index contributed by atoms with van der Waals surface area (Å²) in [5.41, 5.74) is 5.89. The van der Waals surface area contributed by atoms with Crippen LogP contribution in [0.5, 0.6) is 0 Å². The van der Waals surface area contributed by atoms with Crippen molar-refractivity contribution in [3.63, 3.8) is 0 Å². The van der Waals surface area contributed by atoms with Crippen molar-refractivity contribution in [2.75, 3.05) is 13.1 Å². The van der Waals surface area contributed by atoms with Gasteiger partial charge in [0.25, 0.3) is 5.91 Å².